The largest absolute Gasteiger partial charge is 0.480 e. The van der Waals surface area contributed by atoms with E-state index < -0.39 is 17.3 Å². The van der Waals surface area contributed by atoms with Crippen molar-refractivity contribution in [3.8, 4) is 0 Å². The Morgan fingerprint density at radius 1 is 1.42 bits per heavy atom. The van der Waals surface area contributed by atoms with Crippen molar-refractivity contribution in [2.45, 2.75) is 36.8 Å². The van der Waals surface area contributed by atoms with Crippen LogP contribution in [0.15, 0.2) is 22.5 Å². The van der Waals surface area contributed by atoms with E-state index in [-0.39, 0.29) is 5.92 Å². The molecule has 1 amide bonds. The molecule has 1 heterocycles. The summed E-state index contributed by atoms with van der Waals surface area (Å²) in [5, 5.41) is 11.3. The van der Waals surface area contributed by atoms with Crippen LogP contribution in [0.3, 0.4) is 0 Å². The normalized spacial score (nSPS) is 12.3. The van der Waals surface area contributed by atoms with Crippen LogP contribution in [0.1, 0.15) is 27.2 Å². The van der Waals surface area contributed by atoms with E-state index in [4.69, 9.17) is 9.84 Å². The number of nitrogens with one attached hydrogen (secondary N) is 1. The smallest absolute Gasteiger partial charge is 0.411 e. The fourth-order valence-corrected chi connectivity index (χ4v) is 4.07. The highest BCUT2D eigenvalue weighted by Crippen LogP contribution is 2.34. The van der Waals surface area contributed by atoms with Crippen molar-refractivity contribution in [3.63, 3.8) is 0 Å². The molecule has 0 bridgehead atoms. The standard InChI is InChI=1S/C16H20N2O4S2/c1-4-12(14(19)20)23-16-18-11-6-5-10(7-13(11)24-16)17-15(21)22-8-9(2)3/h5-7,9,12H,4,8H2,1-3H3,(H,17,21)(H,19,20). The third-order valence-electron chi connectivity index (χ3n) is 3.05. The van der Waals surface area contributed by atoms with Crippen molar-refractivity contribution in [2.75, 3.05) is 11.9 Å². The molecule has 130 valence electrons. The van der Waals surface area contributed by atoms with Gasteiger partial charge in [0.2, 0.25) is 0 Å². The number of rotatable bonds is 7. The van der Waals surface area contributed by atoms with Crippen LogP contribution in [-0.2, 0) is 9.53 Å². The minimum absolute atomic E-state index is 0.278. The van der Waals surface area contributed by atoms with E-state index in [2.05, 4.69) is 10.3 Å². The molecule has 0 aliphatic rings. The summed E-state index contributed by atoms with van der Waals surface area (Å²) in [4.78, 5) is 27.3. The molecular weight excluding hydrogens is 348 g/mol. The monoisotopic (exact) mass is 368 g/mol. The number of carbonyl (C=O) groups is 2. The number of carbonyl (C=O) groups excluding carboxylic acids is 1. The van der Waals surface area contributed by atoms with Gasteiger partial charge in [0.15, 0.2) is 4.34 Å². The highest BCUT2D eigenvalue weighted by atomic mass is 32.2. The Morgan fingerprint density at radius 3 is 2.79 bits per heavy atom. The van der Waals surface area contributed by atoms with Gasteiger partial charge in [-0.25, -0.2) is 9.78 Å². The molecule has 0 saturated carbocycles. The van der Waals surface area contributed by atoms with Crippen molar-refractivity contribution < 1.29 is 19.4 Å². The maximum Gasteiger partial charge on any atom is 0.411 e. The first-order valence-electron chi connectivity index (χ1n) is 7.62. The van der Waals surface area contributed by atoms with Crippen LogP contribution in [0.25, 0.3) is 10.2 Å². The Hall–Kier alpha value is -1.80. The summed E-state index contributed by atoms with van der Waals surface area (Å²) in [7, 11) is 0. The summed E-state index contributed by atoms with van der Waals surface area (Å²) in [5.74, 6) is -0.558. The van der Waals surface area contributed by atoms with Gasteiger partial charge >= 0.3 is 12.1 Å². The van der Waals surface area contributed by atoms with E-state index in [1.807, 2.05) is 26.8 Å². The van der Waals surface area contributed by atoms with Crippen molar-refractivity contribution in [2.24, 2.45) is 5.92 Å². The lowest BCUT2D eigenvalue weighted by Crippen LogP contribution is -2.16. The van der Waals surface area contributed by atoms with Gasteiger partial charge in [0.05, 0.1) is 16.8 Å². The molecule has 2 N–H and O–H groups in total. The van der Waals surface area contributed by atoms with Crippen molar-refractivity contribution >= 4 is 51.1 Å². The van der Waals surface area contributed by atoms with Gasteiger partial charge < -0.3 is 9.84 Å². The van der Waals surface area contributed by atoms with Crippen molar-refractivity contribution in [1.29, 1.82) is 0 Å². The Balaban J connectivity index is 2.08. The van der Waals surface area contributed by atoms with E-state index in [0.717, 1.165) is 10.2 Å². The Bertz CT molecular complexity index is 730. The molecule has 0 spiro atoms. The maximum absolute atomic E-state index is 11.7. The Morgan fingerprint density at radius 2 is 2.17 bits per heavy atom. The molecule has 0 fully saturated rings. The lowest BCUT2D eigenvalue weighted by atomic mass is 10.2. The van der Waals surface area contributed by atoms with Crippen LogP contribution in [-0.4, -0.2) is 34.0 Å². The molecule has 0 aliphatic heterocycles. The number of aromatic nitrogens is 1. The number of carboxylic acid groups (broad SMARTS) is 1. The number of fused-ring (bicyclic) bond motifs is 1. The van der Waals surface area contributed by atoms with Gasteiger partial charge in [-0.1, -0.05) is 32.5 Å². The molecule has 0 aliphatic carbocycles. The Labute approximate surface area is 148 Å². The quantitative estimate of drug-likeness (QED) is 0.702. The summed E-state index contributed by atoms with van der Waals surface area (Å²) in [6, 6.07) is 5.37. The topological polar surface area (TPSA) is 88.5 Å². The molecule has 2 aromatic rings. The second-order valence-electron chi connectivity index (χ2n) is 5.63. The molecule has 8 heteroatoms. The SMILES string of the molecule is CCC(Sc1nc2ccc(NC(=O)OCC(C)C)cc2s1)C(=O)O. The predicted octanol–water partition coefficient (Wildman–Crippen LogP) is 4.46. The third-order valence-corrected chi connectivity index (χ3v) is 5.52. The molecule has 1 unspecified atom stereocenters. The number of hydrogen-bond donors (Lipinski definition) is 2. The first-order chi connectivity index (χ1) is 11.4. The first-order valence-corrected chi connectivity index (χ1v) is 9.32. The van der Waals surface area contributed by atoms with Crippen molar-refractivity contribution in [3.05, 3.63) is 18.2 Å². The summed E-state index contributed by atoms with van der Waals surface area (Å²) in [6.07, 6.45) is 0.0452. The van der Waals surface area contributed by atoms with Crippen molar-refractivity contribution in [1.82, 2.24) is 4.98 Å². The fourth-order valence-electron chi connectivity index (χ4n) is 1.86. The number of aliphatic carboxylic acids is 1. The van der Waals surface area contributed by atoms with Gasteiger partial charge in [0, 0.05) is 5.69 Å². The molecule has 6 nitrogen and oxygen atoms in total. The zero-order valence-electron chi connectivity index (χ0n) is 13.7. The van der Waals surface area contributed by atoms with E-state index >= 15 is 0 Å². The highest BCUT2D eigenvalue weighted by Gasteiger charge is 2.19. The number of nitrogens with zero attached hydrogens (tertiary/aromatic N) is 1. The zero-order valence-corrected chi connectivity index (χ0v) is 15.4. The van der Waals surface area contributed by atoms with Crippen LogP contribution in [0.4, 0.5) is 10.5 Å². The van der Waals surface area contributed by atoms with E-state index in [1.165, 1.54) is 23.1 Å². The molecule has 2 rings (SSSR count). The summed E-state index contributed by atoms with van der Waals surface area (Å²) in [6.45, 7) is 6.14. The summed E-state index contributed by atoms with van der Waals surface area (Å²) < 4.78 is 6.68. The predicted molar refractivity (Wildman–Crippen MR) is 97.0 cm³/mol. The van der Waals surface area contributed by atoms with Crippen LogP contribution in [0, 0.1) is 5.92 Å². The number of hydrogen-bond acceptors (Lipinski definition) is 6. The number of carboxylic acids is 1. The van der Waals surface area contributed by atoms with Gasteiger partial charge in [0.25, 0.3) is 0 Å². The van der Waals surface area contributed by atoms with Crippen LogP contribution in [0.5, 0.6) is 0 Å². The number of amides is 1. The molecule has 1 aromatic carbocycles. The molecular formula is C16H20N2O4S2. The van der Waals surface area contributed by atoms with Crippen LogP contribution >= 0.6 is 23.1 Å². The minimum atomic E-state index is -0.836. The zero-order chi connectivity index (χ0) is 17.7. The van der Waals surface area contributed by atoms with Gasteiger partial charge in [-0.2, -0.15) is 0 Å². The number of anilines is 1. The van der Waals surface area contributed by atoms with Crippen LogP contribution in [0.2, 0.25) is 0 Å². The van der Waals surface area contributed by atoms with Gasteiger partial charge in [-0.05, 0) is 30.5 Å². The highest BCUT2D eigenvalue weighted by molar-refractivity contribution is 8.02. The van der Waals surface area contributed by atoms with E-state index in [1.54, 1.807) is 12.1 Å². The molecule has 1 atom stereocenters. The van der Waals surface area contributed by atoms with Gasteiger partial charge in [0.1, 0.15) is 5.25 Å². The molecule has 1 aromatic heterocycles. The lowest BCUT2D eigenvalue weighted by Gasteiger charge is -2.08. The summed E-state index contributed by atoms with van der Waals surface area (Å²) in [5.41, 5.74) is 1.41. The maximum atomic E-state index is 11.7. The second kappa shape index (κ2) is 8.34. The second-order valence-corrected chi connectivity index (χ2v) is 8.11. The fraction of sp³-hybridized carbons (Fsp3) is 0.438. The lowest BCUT2D eigenvalue weighted by molar-refractivity contribution is -0.136. The van der Waals surface area contributed by atoms with E-state index in [0.29, 0.717) is 23.1 Å². The molecule has 0 radical (unpaired) electrons. The van der Waals surface area contributed by atoms with Gasteiger partial charge in [-0.3, -0.25) is 10.1 Å². The molecule has 0 saturated heterocycles. The Kier molecular flexibility index (Phi) is 6.44. The van der Waals surface area contributed by atoms with Crippen LogP contribution < -0.4 is 5.32 Å². The average Bonchev–Trinajstić information content (AvgIpc) is 2.92. The van der Waals surface area contributed by atoms with Gasteiger partial charge in [-0.15, -0.1) is 11.3 Å². The number of thiazole rings is 1. The number of ether oxygens (including phenoxy) is 1. The molecule has 24 heavy (non-hydrogen) atoms. The van der Waals surface area contributed by atoms with E-state index in [9.17, 15) is 9.59 Å². The minimum Gasteiger partial charge on any atom is -0.480 e. The average molecular weight is 368 g/mol. The first kappa shape index (κ1) is 18.5. The number of benzene rings is 1. The summed E-state index contributed by atoms with van der Waals surface area (Å²) >= 11 is 2.66. The third kappa shape index (κ3) is 5.10. The number of thioether (sulfide) groups is 1.